The zero-order valence-corrected chi connectivity index (χ0v) is 33.5. The van der Waals surface area contributed by atoms with Gasteiger partial charge in [0.1, 0.15) is 11.2 Å². The molecule has 1 aliphatic rings. The monoisotopic (exact) mass is 768 g/mol. The molecule has 0 N–H and O–H groups in total. The lowest BCUT2D eigenvalue weighted by Crippen LogP contribution is -2.15. The summed E-state index contributed by atoms with van der Waals surface area (Å²) in [6, 6.07) is 67.5. The largest absolute Gasteiger partial charge is 0.455 e. The molecule has 1 nitrogen and oxygen atoms in total. The highest BCUT2D eigenvalue weighted by atomic mass is 32.1. The van der Waals surface area contributed by atoms with E-state index in [1.165, 1.54) is 119 Å². The van der Waals surface area contributed by atoms with Crippen LogP contribution in [0.4, 0.5) is 0 Å². The maximum Gasteiger partial charge on any atom is 0.143 e. The molecule has 0 amide bonds. The van der Waals surface area contributed by atoms with E-state index < -0.39 is 0 Å². The van der Waals surface area contributed by atoms with E-state index in [1.54, 1.807) is 0 Å². The topological polar surface area (TPSA) is 13.1 Å². The zero-order chi connectivity index (χ0) is 39.0. The summed E-state index contributed by atoms with van der Waals surface area (Å²) in [4.78, 5) is 0. The molecule has 0 saturated heterocycles. The Labute approximate surface area is 345 Å². The Kier molecular flexibility index (Phi) is 6.73. The average Bonchev–Trinajstić information content (AvgIpc) is 3.93. The molecule has 59 heavy (non-hydrogen) atoms. The van der Waals surface area contributed by atoms with Crippen molar-refractivity contribution in [1.29, 1.82) is 0 Å². The third-order valence-corrected chi connectivity index (χ3v) is 14.4. The smallest absolute Gasteiger partial charge is 0.143 e. The summed E-state index contributed by atoms with van der Waals surface area (Å²) in [5.41, 5.74) is 14.8. The summed E-state index contributed by atoms with van der Waals surface area (Å²) < 4.78 is 9.05. The molecule has 0 unspecified atom stereocenters. The average molecular weight is 769 g/mol. The molecule has 0 saturated carbocycles. The Hall–Kier alpha value is -7.00. The minimum absolute atomic E-state index is 0.172. The number of para-hydroxylation sites is 1. The van der Waals surface area contributed by atoms with Gasteiger partial charge in [-0.3, -0.25) is 0 Å². The van der Waals surface area contributed by atoms with Gasteiger partial charge in [-0.25, -0.2) is 0 Å². The van der Waals surface area contributed by atoms with Gasteiger partial charge in [0.05, 0.1) is 0 Å². The summed E-state index contributed by atoms with van der Waals surface area (Å²) in [7, 11) is 0. The van der Waals surface area contributed by atoms with E-state index in [-0.39, 0.29) is 5.41 Å². The van der Waals surface area contributed by atoms with Crippen LogP contribution in [0.15, 0.2) is 186 Å². The first-order valence-electron chi connectivity index (χ1n) is 20.5. The Morgan fingerprint density at radius 1 is 0.373 bits per heavy atom. The van der Waals surface area contributed by atoms with E-state index in [1.807, 2.05) is 17.4 Å². The number of fused-ring (bicyclic) bond motifs is 14. The fraction of sp³-hybridized carbons (Fsp3) is 0.0526. The van der Waals surface area contributed by atoms with E-state index >= 15 is 0 Å². The van der Waals surface area contributed by atoms with E-state index in [2.05, 4.69) is 190 Å². The van der Waals surface area contributed by atoms with Crippen molar-refractivity contribution in [3.8, 4) is 44.5 Å². The first-order valence-corrected chi connectivity index (χ1v) is 21.3. The van der Waals surface area contributed by atoms with E-state index in [4.69, 9.17) is 4.42 Å². The highest BCUT2D eigenvalue weighted by Crippen LogP contribution is 2.52. The third kappa shape index (κ3) is 4.61. The van der Waals surface area contributed by atoms with Crippen LogP contribution in [-0.2, 0) is 5.41 Å². The lowest BCUT2D eigenvalue weighted by Gasteiger charge is -2.23. The van der Waals surface area contributed by atoms with Crippen LogP contribution in [0.25, 0.3) is 119 Å². The molecule has 2 aromatic heterocycles. The van der Waals surface area contributed by atoms with Crippen LogP contribution in [-0.4, -0.2) is 0 Å². The molecule has 0 aliphatic heterocycles. The lowest BCUT2D eigenvalue weighted by atomic mass is 9.80. The van der Waals surface area contributed by atoms with E-state index in [0.29, 0.717) is 0 Å². The molecule has 2 heterocycles. The summed E-state index contributed by atoms with van der Waals surface area (Å²) in [6.45, 7) is 4.80. The summed E-state index contributed by atoms with van der Waals surface area (Å²) >= 11 is 1.88. The zero-order valence-electron chi connectivity index (χ0n) is 32.6. The van der Waals surface area contributed by atoms with Crippen molar-refractivity contribution in [3.05, 3.63) is 193 Å². The second-order valence-corrected chi connectivity index (χ2v) is 17.8. The van der Waals surface area contributed by atoms with Crippen LogP contribution >= 0.6 is 11.3 Å². The molecule has 0 radical (unpaired) electrons. The van der Waals surface area contributed by atoms with E-state index in [9.17, 15) is 0 Å². The molecule has 0 fully saturated rings. The summed E-state index contributed by atoms with van der Waals surface area (Å²) in [6.07, 6.45) is 0. The van der Waals surface area contributed by atoms with Crippen LogP contribution in [0, 0.1) is 0 Å². The number of hydrogen-bond donors (Lipinski definition) is 0. The highest BCUT2D eigenvalue weighted by Gasteiger charge is 2.36. The fourth-order valence-corrected chi connectivity index (χ4v) is 11.6. The molecule has 13 rings (SSSR count). The molecule has 10 aromatic carbocycles. The summed E-state index contributed by atoms with van der Waals surface area (Å²) in [5.74, 6) is 0. The second kappa shape index (κ2) is 12.0. The molecule has 0 spiro atoms. The van der Waals surface area contributed by atoms with Gasteiger partial charge in [-0.2, -0.15) is 0 Å². The van der Waals surface area contributed by atoms with Crippen LogP contribution in [0.1, 0.15) is 25.0 Å². The SMILES string of the molecule is CC1(C)c2cc(-c3ccc4c(c3)sc3ccc5c(ccc6c7ccccc7oc65)c34)ccc2-c2ccc(-c3c4ccccc4c(-c4ccccc4)c4ccccc34)cc21. The van der Waals surface area contributed by atoms with Gasteiger partial charge in [0.25, 0.3) is 0 Å². The normalized spacial score (nSPS) is 13.4. The van der Waals surface area contributed by atoms with Gasteiger partial charge < -0.3 is 4.42 Å². The Morgan fingerprint density at radius 3 is 1.59 bits per heavy atom. The maximum absolute atomic E-state index is 6.44. The van der Waals surface area contributed by atoms with Gasteiger partial charge in [-0.15, -0.1) is 11.3 Å². The van der Waals surface area contributed by atoms with Crippen molar-refractivity contribution >= 4 is 85.8 Å². The van der Waals surface area contributed by atoms with Gasteiger partial charge in [0.2, 0.25) is 0 Å². The van der Waals surface area contributed by atoms with Gasteiger partial charge in [-0.05, 0) is 125 Å². The number of thiophene rings is 1. The minimum Gasteiger partial charge on any atom is -0.455 e. The number of rotatable bonds is 3. The Bertz CT molecular complexity index is 3690. The van der Waals surface area contributed by atoms with Crippen LogP contribution in [0.3, 0.4) is 0 Å². The minimum atomic E-state index is -0.172. The molecule has 0 bridgehead atoms. The van der Waals surface area contributed by atoms with Gasteiger partial charge in [0, 0.05) is 41.7 Å². The van der Waals surface area contributed by atoms with Crippen LogP contribution < -0.4 is 0 Å². The summed E-state index contributed by atoms with van der Waals surface area (Å²) in [5, 5.41) is 12.5. The molecule has 276 valence electrons. The first-order chi connectivity index (χ1) is 29.0. The van der Waals surface area contributed by atoms with Crippen molar-refractivity contribution in [2.45, 2.75) is 19.3 Å². The van der Waals surface area contributed by atoms with Gasteiger partial charge >= 0.3 is 0 Å². The molecule has 0 atom stereocenters. The molecular weight excluding hydrogens is 733 g/mol. The predicted molar refractivity (Wildman–Crippen MR) is 253 cm³/mol. The molecular formula is C57H36OS. The maximum atomic E-state index is 6.44. The first kappa shape index (κ1) is 33.0. The van der Waals surface area contributed by atoms with E-state index in [0.717, 1.165) is 11.2 Å². The van der Waals surface area contributed by atoms with Crippen molar-refractivity contribution in [1.82, 2.24) is 0 Å². The lowest BCUT2D eigenvalue weighted by molar-refractivity contribution is 0.661. The highest BCUT2D eigenvalue weighted by molar-refractivity contribution is 7.26. The van der Waals surface area contributed by atoms with Crippen LogP contribution in [0.2, 0.25) is 0 Å². The predicted octanol–water partition coefficient (Wildman–Crippen LogP) is 16.7. The van der Waals surface area contributed by atoms with Crippen molar-refractivity contribution in [3.63, 3.8) is 0 Å². The molecule has 1 aliphatic carbocycles. The van der Waals surface area contributed by atoms with Gasteiger partial charge in [-0.1, -0.05) is 153 Å². The fourth-order valence-electron chi connectivity index (χ4n) is 10.5. The van der Waals surface area contributed by atoms with Crippen LogP contribution in [0.5, 0.6) is 0 Å². The quantitative estimate of drug-likeness (QED) is 0.163. The second-order valence-electron chi connectivity index (χ2n) is 16.7. The van der Waals surface area contributed by atoms with Crippen molar-refractivity contribution in [2.75, 3.05) is 0 Å². The number of benzene rings is 10. The van der Waals surface area contributed by atoms with Crippen molar-refractivity contribution < 1.29 is 4.42 Å². The van der Waals surface area contributed by atoms with Gasteiger partial charge in [0.15, 0.2) is 0 Å². The van der Waals surface area contributed by atoms with Crippen molar-refractivity contribution in [2.24, 2.45) is 0 Å². The molecule has 2 heteroatoms. The Balaban J connectivity index is 0.920. The number of hydrogen-bond acceptors (Lipinski definition) is 2. The number of furan rings is 1. The standard InChI is InChI=1S/C57H36OS/c1-57(2)48-30-34(35-21-25-47-52(32-35)59-51-29-28-46-44(55(47)51)26-27-45-39-14-10-11-19-50(39)58-56(45)46)20-23-37(48)38-24-22-36(31-49(38)57)54-42-17-8-6-15-40(42)53(33-12-4-3-5-13-33)41-16-7-9-18-43(41)54/h3-32H,1-2H3. The third-order valence-electron chi connectivity index (χ3n) is 13.3. The molecule has 12 aromatic rings. The Morgan fingerprint density at radius 2 is 0.881 bits per heavy atom.